The van der Waals surface area contributed by atoms with E-state index in [2.05, 4.69) is 26.5 Å². The minimum atomic E-state index is 0.388. The van der Waals surface area contributed by atoms with E-state index in [1.807, 2.05) is 0 Å². The van der Waals surface area contributed by atoms with Crippen molar-refractivity contribution in [3.63, 3.8) is 0 Å². The summed E-state index contributed by atoms with van der Waals surface area (Å²) in [4.78, 5) is 0. The lowest BCUT2D eigenvalue weighted by Crippen LogP contribution is -2.33. The average Bonchev–Trinajstić information content (AvgIpc) is 2.42. The lowest BCUT2D eigenvalue weighted by atomic mass is 9.76. The van der Waals surface area contributed by atoms with Crippen molar-refractivity contribution >= 4 is 12.6 Å². The highest BCUT2D eigenvalue weighted by molar-refractivity contribution is 7.80. The van der Waals surface area contributed by atoms with Crippen LogP contribution in [-0.2, 0) is 4.74 Å². The first kappa shape index (κ1) is 16.4. The van der Waals surface area contributed by atoms with Gasteiger partial charge in [0.25, 0.3) is 0 Å². The maximum atomic E-state index is 6.11. The molecule has 0 aromatic rings. The molecule has 1 unspecified atom stereocenters. The van der Waals surface area contributed by atoms with Crippen molar-refractivity contribution in [3.8, 4) is 0 Å². The van der Waals surface area contributed by atoms with Crippen molar-refractivity contribution in [1.29, 1.82) is 0 Å². The quantitative estimate of drug-likeness (QED) is 0.446. The van der Waals surface area contributed by atoms with E-state index in [4.69, 9.17) is 4.74 Å². The van der Waals surface area contributed by atoms with Crippen LogP contribution in [0.1, 0.15) is 78.1 Å². The summed E-state index contributed by atoms with van der Waals surface area (Å²) in [5, 5.41) is 0. The van der Waals surface area contributed by atoms with Gasteiger partial charge in [-0.15, -0.1) is 0 Å². The predicted molar refractivity (Wildman–Crippen MR) is 83.5 cm³/mol. The van der Waals surface area contributed by atoms with Crippen molar-refractivity contribution < 1.29 is 4.74 Å². The van der Waals surface area contributed by atoms with Gasteiger partial charge in [-0.3, -0.25) is 0 Å². The average molecular weight is 272 g/mol. The molecule has 0 saturated heterocycles. The van der Waals surface area contributed by atoms with Crippen LogP contribution in [0.2, 0.25) is 0 Å². The van der Waals surface area contributed by atoms with E-state index in [1.54, 1.807) is 0 Å². The lowest BCUT2D eigenvalue weighted by molar-refractivity contribution is -0.0112. The molecule has 2 heteroatoms. The third-order valence-electron chi connectivity index (χ3n) is 4.39. The summed E-state index contributed by atoms with van der Waals surface area (Å²) in [7, 11) is 0. The Balaban J connectivity index is 2.16. The number of hydrogen-bond donors (Lipinski definition) is 1. The van der Waals surface area contributed by atoms with Gasteiger partial charge in [0.1, 0.15) is 0 Å². The second kappa shape index (κ2) is 9.25. The third kappa shape index (κ3) is 5.97. The van der Waals surface area contributed by atoms with E-state index in [0.29, 0.717) is 11.5 Å². The van der Waals surface area contributed by atoms with Gasteiger partial charge < -0.3 is 4.74 Å². The Morgan fingerprint density at radius 1 is 1.11 bits per heavy atom. The second-order valence-corrected chi connectivity index (χ2v) is 6.51. The van der Waals surface area contributed by atoms with E-state index < -0.39 is 0 Å². The summed E-state index contributed by atoms with van der Waals surface area (Å²) in [5.74, 6) is 0.996. The molecule has 1 saturated carbocycles. The molecule has 0 radical (unpaired) electrons. The van der Waals surface area contributed by atoms with Gasteiger partial charge in [0.2, 0.25) is 0 Å². The Kier molecular flexibility index (Phi) is 8.41. The molecule has 1 nitrogen and oxygen atoms in total. The van der Waals surface area contributed by atoms with Crippen LogP contribution in [0.25, 0.3) is 0 Å². The Hall–Kier alpha value is 0.310. The monoisotopic (exact) mass is 272 g/mol. The molecule has 1 fully saturated rings. The van der Waals surface area contributed by atoms with Crippen LogP contribution in [0.15, 0.2) is 0 Å². The normalized spacial score (nSPS) is 20.8. The zero-order valence-corrected chi connectivity index (χ0v) is 13.3. The van der Waals surface area contributed by atoms with Crippen LogP contribution in [0.5, 0.6) is 0 Å². The number of thiol groups is 1. The van der Waals surface area contributed by atoms with Crippen LogP contribution < -0.4 is 0 Å². The Labute approximate surface area is 119 Å². The molecule has 108 valence electrons. The van der Waals surface area contributed by atoms with Gasteiger partial charge in [-0.2, -0.15) is 12.6 Å². The molecular weight excluding hydrogens is 240 g/mol. The lowest BCUT2D eigenvalue weighted by Gasteiger charge is -2.36. The van der Waals surface area contributed by atoms with E-state index >= 15 is 0 Å². The fourth-order valence-electron chi connectivity index (χ4n) is 2.91. The summed E-state index contributed by atoms with van der Waals surface area (Å²) in [5.41, 5.74) is 0.388. The first-order valence-corrected chi connectivity index (χ1v) is 8.58. The largest absolute Gasteiger partial charge is 0.378 e. The van der Waals surface area contributed by atoms with Crippen LogP contribution in [0.4, 0.5) is 0 Å². The summed E-state index contributed by atoms with van der Waals surface area (Å²) < 4.78 is 6.11. The minimum Gasteiger partial charge on any atom is -0.378 e. The van der Waals surface area contributed by atoms with Gasteiger partial charge in [-0.05, 0) is 31.9 Å². The maximum absolute atomic E-state index is 6.11. The summed E-state index contributed by atoms with van der Waals surface area (Å²) >= 11 is 4.57. The molecule has 0 aromatic carbocycles. The highest BCUT2D eigenvalue weighted by Crippen LogP contribution is 2.37. The predicted octanol–water partition coefficient (Wildman–Crippen LogP) is 5.24. The first-order valence-electron chi connectivity index (χ1n) is 7.95. The SMILES string of the molecule is CCCCCCC(C)OCC1(CS)CCCCC1. The molecule has 1 rings (SSSR count). The molecule has 0 amide bonds. The highest BCUT2D eigenvalue weighted by Gasteiger charge is 2.31. The van der Waals surface area contributed by atoms with Crippen molar-refractivity contribution in [2.75, 3.05) is 12.4 Å². The molecular formula is C16H32OS. The summed E-state index contributed by atoms with van der Waals surface area (Å²) in [6, 6.07) is 0. The molecule has 18 heavy (non-hydrogen) atoms. The van der Waals surface area contributed by atoms with Crippen molar-refractivity contribution in [1.82, 2.24) is 0 Å². The first-order chi connectivity index (χ1) is 8.72. The minimum absolute atomic E-state index is 0.388. The van der Waals surface area contributed by atoms with E-state index in [9.17, 15) is 0 Å². The molecule has 0 N–H and O–H groups in total. The van der Waals surface area contributed by atoms with Gasteiger partial charge in [-0.25, -0.2) is 0 Å². The standard InChI is InChI=1S/C16H32OS/c1-3-4-5-7-10-15(2)17-13-16(14-18)11-8-6-9-12-16/h15,18H,3-14H2,1-2H3. The van der Waals surface area contributed by atoms with Gasteiger partial charge in [0, 0.05) is 5.41 Å². The Bertz CT molecular complexity index is 199. The Morgan fingerprint density at radius 2 is 1.83 bits per heavy atom. The summed E-state index contributed by atoms with van der Waals surface area (Å²) in [6.45, 7) is 5.44. The second-order valence-electron chi connectivity index (χ2n) is 6.19. The molecule has 0 spiro atoms. The number of rotatable bonds is 9. The Morgan fingerprint density at radius 3 is 2.44 bits per heavy atom. The molecule has 0 aliphatic heterocycles. The zero-order valence-electron chi connectivity index (χ0n) is 12.4. The third-order valence-corrected chi connectivity index (χ3v) is 5.06. The van der Waals surface area contributed by atoms with Crippen LogP contribution in [-0.4, -0.2) is 18.5 Å². The van der Waals surface area contributed by atoms with Crippen LogP contribution in [0, 0.1) is 5.41 Å². The molecule has 1 aliphatic carbocycles. The van der Waals surface area contributed by atoms with Gasteiger partial charge in [0.15, 0.2) is 0 Å². The van der Waals surface area contributed by atoms with Crippen molar-refractivity contribution in [2.45, 2.75) is 84.2 Å². The van der Waals surface area contributed by atoms with Crippen LogP contribution in [0.3, 0.4) is 0 Å². The van der Waals surface area contributed by atoms with Crippen LogP contribution >= 0.6 is 12.6 Å². The molecule has 0 bridgehead atoms. The topological polar surface area (TPSA) is 9.23 Å². The van der Waals surface area contributed by atoms with Gasteiger partial charge in [0.05, 0.1) is 12.7 Å². The fraction of sp³-hybridized carbons (Fsp3) is 1.00. The molecule has 1 aliphatic rings. The number of hydrogen-bond acceptors (Lipinski definition) is 2. The van der Waals surface area contributed by atoms with E-state index in [1.165, 1.54) is 64.2 Å². The van der Waals surface area contributed by atoms with Gasteiger partial charge >= 0.3 is 0 Å². The zero-order chi connectivity index (χ0) is 13.3. The van der Waals surface area contributed by atoms with E-state index in [-0.39, 0.29) is 0 Å². The smallest absolute Gasteiger partial charge is 0.0547 e. The van der Waals surface area contributed by atoms with Crippen molar-refractivity contribution in [2.24, 2.45) is 5.41 Å². The molecule has 0 heterocycles. The maximum Gasteiger partial charge on any atom is 0.0547 e. The fourth-order valence-corrected chi connectivity index (χ4v) is 3.32. The molecule has 1 atom stereocenters. The number of unbranched alkanes of at least 4 members (excludes halogenated alkanes) is 3. The summed E-state index contributed by atoms with van der Waals surface area (Å²) in [6.07, 6.45) is 13.8. The van der Waals surface area contributed by atoms with E-state index in [0.717, 1.165) is 12.4 Å². The highest BCUT2D eigenvalue weighted by atomic mass is 32.1. The molecule has 0 aromatic heterocycles. The number of ether oxygens (including phenoxy) is 1. The van der Waals surface area contributed by atoms with Gasteiger partial charge in [-0.1, -0.05) is 51.9 Å². The van der Waals surface area contributed by atoms with Crippen molar-refractivity contribution in [3.05, 3.63) is 0 Å².